The average Bonchev–Trinajstić information content (AvgIpc) is 3.00. The van der Waals surface area contributed by atoms with Gasteiger partial charge in [-0.2, -0.15) is 0 Å². The second-order valence-corrected chi connectivity index (χ2v) is 10.2. The van der Waals surface area contributed by atoms with Crippen LogP contribution >= 0.6 is 0 Å². The molecule has 0 aliphatic carbocycles. The van der Waals surface area contributed by atoms with Gasteiger partial charge in [-0.25, -0.2) is 4.79 Å². The Morgan fingerprint density at radius 1 is 0.500 bits per heavy atom. The van der Waals surface area contributed by atoms with Crippen LogP contribution in [0.5, 0.6) is 11.5 Å². The van der Waals surface area contributed by atoms with Crippen LogP contribution in [0.4, 0.5) is 4.79 Å². The van der Waals surface area contributed by atoms with E-state index in [1.54, 1.807) is 24.3 Å². The minimum Gasteiger partial charge on any atom is -0.395 e. The maximum Gasteiger partial charge on any atom is 0.519 e. The molecule has 4 aromatic carbocycles. The molecule has 4 aromatic rings. The maximum absolute atomic E-state index is 12.4. The van der Waals surface area contributed by atoms with E-state index in [2.05, 4.69) is 52.0 Å². The van der Waals surface area contributed by atoms with Crippen LogP contribution in [0.1, 0.15) is 74.0 Å². The number of hydrogen-bond donors (Lipinski definition) is 0. The Morgan fingerprint density at radius 2 is 0.850 bits per heavy atom. The number of carbonyl (C=O) groups excluding carboxylic acids is 1. The third kappa shape index (κ3) is 8.54. The molecule has 4 atom stereocenters. The molecule has 0 fully saturated rings. The first-order valence-electron chi connectivity index (χ1n) is 13.8. The molecule has 0 saturated heterocycles. The molecule has 0 saturated carbocycles. The van der Waals surface area contributed by atoms with E-state index in [1.165, 1.54) is 0 Å². The summed E-state index contributed by atoms with van der Waals surface area (Å²) in [5, 5.41) is 0. The van der Waals surface area contributed by atoms with Gasteiger partial charge in [0.05, 0.1) is 25.4 Å². The van der Waals surface area contributed by atoms with Crippen molar-refractivity contribution in [2.24, 2.45) is 0 Å². The van der Waals surface area contributed by atoms with Crippen molar-refractivity contribution in [3.05, 3.63) is 131 Å². The molecule has 5 heteroatoms. The van der Waals surface area contributed by atoms with Crippen LogP contribution < -0.4 is 9.47 Å². The summed E-state index contributed by atoms with van der Waals surface area (Å²) in [6.45, 7) is 9.52. The molecule has 5 nitrogen and oxygen atoms in total. The molecule has 0 spiro atoms. The fourth-order valence-corrected chi connectivity index (χ4v) is 4.35. The monoisotopic (exact) mass is 538 g/mol. The summed E-state index contributed by atoms with van der Waals surface area (Å²) in [7, 11) is 0. The first kappa shape index (κ1) is 29.1. The summed E-state index contributed by atoms with van der Waals surface area (Å²) in [6, 6.07) is 35.2. The highest BCUT2D eigenvalue weighted by atomic mass is 16.7. The SMILES string of the molecule is CC(COC(C)c1ccccc1)c1ccc(OC(=O)Oc2ccc(C(C)COC(C)c3ccccc3)cc2)cc1. The molecule has 0 bridgehead atoms. The van der Waals surface area contributed by atoms with Gasteiger partial charge in [0.25, 0.3) is 0 Å². The number of rotatable bonds is 12. The lowest BCUT2D eigenvalue weighted by atomic mass is 10.0. The maximum atomic E-state index is 12.4. The van der Waals surface area contributed by atoms with Crippen LogP contribution in [0.2, 0.25) is 0 Å². The van der Waals surface area contributed by atoms with E-state index in [-0.39, 0.29) is 24.0 Å². The van der Waals surface area contributed by atoms with E-state index in [4.69, 9.17) is 18.9 Å². The first-order chi connectivity index (χ1) is 19.4. The van der Waals surface area contributed by atoms with Gasteiger partial charge in [0.1, 0.15) is 11.5 Å². The van der Waals surface area contributed by atoms with E-state index in [1.807, 2.05) is 60.7 Å². The number of benzene rings is 4. The zero-order valence-electron chi connectivity index (χ0n) is 23.7. The Morgan fingerprint density at radius 3 is 1.20 bits per heavy atom. The molecule has 4 unspecified atom stereocenters. The quantitative estimate of drug-likeness (QED) is 0.133. The summed E-state index contributed by atoms with van der Waals surface area (Å²) in [6.07, 6.45) is -0.730. The summed E-state index contributed by atoms with van der Waals surface area (Å²) < 4.78 is 22.9. The molecule has 0 heterocycles. The van der Waals surface area contributed by atoms with Crippen LogP contribution in [0.15, 0.2) is 109 Å². The predicted molar refractivity (Wildman–Crippen MR) is 158 cm³/mol. The van der Waals surface area contributed by atoms with E-state index >= 15 is 0 Å². The Kier molecular flexibility index (Phi) is 10.5. The second-order valence-electron chi connectivity index (χ2n) is 10.2. The van der Waals surface area contributed by atoms with Gasteiger partial charge < -0.3 is 18.9 Å². The molecule has 0 aliphatic heterocycles. The zero-order chi connectivity index (χ0) is 28.3. The van der Waals surface area contributed by atoms with Gasteiger partial charge in [-0.05, 0) is 60.4 Å². The van der Waals surface area contributed by atoms with Crippen molar-refractivity contribution in [1.82, 2.24) is 0 Å². The fraction of sp³-hybridized carbons (Fsp3) is 0.286. The minimum absolute atomic E-state index is 0.0231. The Balaban J connectivity index is 1.21. The third-order valence-corrected chi connectivity index (χ3v) is 7.03. The van der Waals surface area contributed by atoms with Crippen molar-refractivity contribution in [2.45, 2.75) is 51.7 Å². The lowest BCUT2D eigenvalue weighted by Crippen LogP contribution is -2.14. The molecule has 40 heavy (non-hydrogen) atoms. The number of hydrogen-bond acceptors (Lipinski definition) is 5. The highest BCUT2D eigenvalue weighted by molar-refractivity contribution is 5.67. The van der Waals surface area contributed by atoms with E-state index < -0.39 is 6.16 Å². The zero-order valence-corrected chi connectivity index (χ0v) is 23.7. The summed E-state index contributed by atoms with van der Waals surface area (Å²) >= 11 is 0. The highest BCUT2D eigenvalue weighted by Gasteiger charge is 2.14. The molecule has 4 rings (SSSR count). The lowest BCUT2D eigenvalue weighted by molar-refractivity contribution is 0.0574. The van der Waals surface area contributed by atoms with Gasteiger partial charge >= 0.3 is 6.16 Å². The molecule has 0 aliphatic rings. The van der Waals surface area contributed by atoms with Crippen LogP contribution in [0, 0.1) is 0 Å². The Bertz CT molecular complexity index is 1200. The average molecular weight is 539 g/mol. The normalized spacial score (nSPS) is 14.1. The first-order valence-corrected chi connectivity index (χ1v) is 13.8. The Labute approximate surface area is 237 Å². The second kappa shape index (κ2) is 14.5. The summed E-state index contributed by atoms with van der Waals surface area (Å²) in [5.41, 5.74) is 4.52. The largest absolute Gasteiger partial charge is 0.519 e. The number of carbonyl (C=O) groups is 1. The lowest BCUT2D eigenvalue weighted by Gasteiger charge is -2.18. The third-order valence-electron chi connectivity index (χ3n) is 7.03. The minimum atomic E-state index is -0.776. The predicted octanol–water partition coefficient (Wildman–Crippen LogP) is 9.03. The number of ether oxygens (including phenoxy) is 4. The topological polar surface area (TPSA) is 54.0 Å². The van der Waals surface area contributed by atoms with Crippen molar-refractivity contribution in [3.63, 3.8) is 0 Å². The van der Waals surface area contributed by atoms with Crippen molar-refractivity contribution in [1.29, 1.82) is 0 Å². The van der Waals surface area contributed by atoms with Crippen molar-refractivity contribution >= 4 is 6.16 Å². The molecule has 0 N–H and O–H groups in total. The van der Waals surface area contributed by atoms with Gasteiger partial charge in [-0.15, -0.1) is 0 Å². The highest BCUT2D eigenvalue weighted by Crippen LogP contribution is 2.25. The fourth-order valence-electron chi connectivity index (χ4n) is 4.35. The molecular formula is C35H38O5. The van der Waals surface area contributed by atoms with E-state index in [0.717, 1.165) is 22.3 Å². The smallest absolute Gasteiger partial charge is 0.395 e. The van der Waals surface area contributed by atoms with Crippen LogP contribution in [0.3, 0.4) is 0 Å². The van der Waals surface area contributed by atoms with Crippen LogP contribution in [-0.4, -0.2) is 19.4 Å². The van der Waals surface area contributed by atoms with E-state index in [0.29, 0.717) is 24.7 Å². The van der Waals surface area contributed by atoms with Gasteiger partial charge in [-0.3, -0.25) is 0 Å². The summed E-state index contributed by atoms with van der Waals surface area (Å²) in [4.78, 5) is 12.4. The van der Waals surface area contributed by atoms with Gasteiger partial charge in [0.2, 0.25) is 0 Å². The molecular weight excluding hydrogens is 500 g/mol. The van der Waals surface area contributed by atoms with Crippen molar-refractivity contribution < 1.29 is 23.7 Å². The van der Waals surface area contributed by atoms with Crippen LogP contribution in [-0.2, 0) is 9.47 Å². The van der Waals surface area contributed by atoms with E-state index in [9.17, 15) is 4.79 Å². The molecule has 0 radical (unpaired) electrons. The van der Waals surface area contributed by atoms with Gasteiger partial charge in [0.15, 0.2) is 0 Å². The van der Waals surface area contributed by atoms with Crippen molar-refractivity contribution in [3.8, 4) is 11.5 Å². The standard InChI is InChI=1S/C35H38O5/c1-25(23-37-27(3)31-11-7-5-8-12-31)29-15-19-33(20-16-29)39-35(36)40-34-21-17-30(18-22-34)26(2)24-38-28(4)32-13-9-6-10-14-32/h5-22,25-28H,23-24H2,1-4H3. The van der Waals surface area contributed by atoms with Gasteiger partial charge in [-0.1, -0.05) is 98.8 Å². The molecule has 208 valence electrons. The molecule has 0 aromatic heterocycles. The van der Waals surface area contributed by atoms with Crippen molar-refractivity contribution in [2.75, 3.05) is 13.2 Å². The van der Waals surface area contributed by atoms with Gasteiger partial charge in [0, 0.05) is 11.8 Å². The van der Waals surface area contributed by atoms with Crippen LogP contribution in [0.25, 0.3) is 0 Å². The Hall–Kier alpha value is -3.93. The summed E-state index contributed by atoms with van der Waals surface area (Å²) in [5.74, 6) is 1.24. The molecule has 0 amide bonds.